The molecule has 10 nitrogen and oxygen atoms in total. The average molecular weight is 796 g/mol. The highest BCUT2D eigenvalue weighted by Gasteiger charge is 2.71. The van der Waals surface area contributed by atoms with E-state index < -0.39 is 28.9 Å². The van der Waals surface area contributed by atoms with Gasteiger partial charge in [-0.1, -0.05) is 54.0 Å². The summed E-state index contributed by atoms with van der Waals surface area (Å²) < 4.78 is 6.18. The molecule has 0 aliphatic heterocycles. The van der Waals surface area contributed by atoms with Crippen molar-refractivity contribution >= 4 is 35.0 Å². The number of nitrogens with zero attached hydrogens (tertiary/aromatic N) is 3. The summed E-state index contributed by atoms with van der Waals surface area (Å²) in [7, 11) is 3.51. The summed E-state index contributed by atoms with van der Waals surface area (Å²) in [6.07, 6.45) is 8.31. The van der Waals surface area contributed by atoms with Crippen molar-refractivity contribution in [3.8, 4) is 0 Å². The number of aliphatic hydroxyl groups excluding tert-OH is 1. The van der Waals surface area contributed by atoms with E-state index in [4.69, 9.17) is 4.74 Å². The van der Waals surface area contributed by atoms with Gasteiger partial charge in [-0.25, -0.2) is 4.98 Å². The Morgan fingerprint density at radius 3 is 2.29 bits per heavy atom. The van der Waals surface area contributed by atoms with Gasteiger partial charge in [0, 0.05) is 49.5 Å². The zero-order valence-electron chi connectivity index (χ0n) is 36.0. The molecule has 2 N–H and O–H groups in total. The number of fused-ring (bicyclic) bond motifs is 7. The lowest BCUT2D eigenvalue weighted by molar-refractivity contribution is -0.235. The number of carboxylic acid groups (broad SMARTS) is 1. The van der Waals surface area contributed by atoms with Crippen LogP contribution in [0, 0.1) is 56.2 Å². The Kier molecular flexibility index (Phi) is 11.4. The number of Topliss-reactive ketones (excluding diaryl/α,β-unsaturated/α-hetero) is 1. The number of hydrogen-bond donors (Lipinski definition) is 2. The highest BCUT2D eigenvalue weighted by atomic mass is 32.1. The number of carbonyl (C=O) groups is 4. The van der Waals surface area contributed by atoms with Crippen molar-refractivity contribution < 1.29 is 34.1 Å². The zero-order chi connectivity index (χ0) is 41.4. The SMILES string of the molecule is CC(C)C1=C2C3CCC4C5(C)CCC(OC(=O)CC(C)(C)C(=O)O)C(C)(C)C5CCC4(C)C3(C)CCC2(C(O)CN(CC(=O)N(C)C)Cc2nccs2)CC1=O. The number of thiazole rings is 1. The third-order valence-corrected chi connectivity index (χ3v) is 17.4. The number of aliphatic carboxylic acids is 1. The van der Waals surface area contributed by atoms with Gasteiger partial charge >= 0.3 is 11.9 Å². The molecular weight excluding hydrogens is 727 g/mol. The maximum Gasteiger partial charge on any atom is 0.309 e. The minimum atomic E-state index is -1.18. The highest BCUT2D eigenvalue weighted by molar-refractivity contribution is 7.09. The molecule has 1 amide bonds. The molecule has 56 heavy (non-hydrogen) atoms. The highest BCUT2D eigenvalue weighted by Crippen LogP contribution is 2.77. The van der Waals surface area contributed by atoms with Gasteiger partial charge in [0.15, 0.2) is 5.78 Å². The summed E-state index contributed by atoms with van der Waals surface area (Å²) in [6, 6.07) is 0. The van der Waals surface area contributed by atoms with E-state index in [2.05, 4.69) is 53.5 Å². The van der Waals surface area contributed by atoms with Crippen molar-refractivity contribution in [2.45, 2.75) is 145 Å². The Labute approximate surface area is 339 Å². The molecule has 4 fully saturated rings. The lowest BCUT2D eigenvalue weighted by atomic mass is 9.33. The van der Waals surface area contributed by atoms with Crippen molar-refractivity contribution in [1.29, 1.82) is 0 Å². The summed E-state index contributed by atoms with van der Waals surface area (Å²) in [4.78, 5) is 60.3. The van der Waals surface area contributed by atoms with Crippen LogP contribution in [0.2, 0.25) is 0 Å². The number of hydrogen-bond acceptors (Lipinski definition) is 9. The molecule has 312 valence electrons. The topological polar surface area (TPSA) is 137 Å². The molecule has 9 unspecified atom stereocenters. The van der Waals surface area contributed by atoms with E-state index in [9.17, 15) is 29.4 Å². The summed E-state index contributed by atoms with van der Waals surface area (Å²) in [5.41, 5.74) is -0.00957. The van der Waals surface area contributed by atoms with Gasteiger partial charge in [-0.15, -0.1) is 11.3 Å². The van der Waals surface area contributed by atoms with Crippen molar-refractivity contribution in [1.82, 2.24) is 14.8 Å². The Morgan fingerprint density at radius 2 is 1.68 bits per heavy atom. The van der Waals surface area contributed by atoms with Crippen molar-refractivity contribution in [3.63, 3.8) is 0 Å². The minimum absolute atomic E-state index is 0.000876. The fraction of sp³-hybridized carbons (Fsp3) is 0.800. The van der Waals surface area contributed by atoms with E-state index in [1.54, 1.807) is 50.4 Å². The summed E-state index contributed by atoms with van der Waals surface area (Å²) in [5.74, 6) is -0.279. The van der Waals surface area contributed by atoms with E-state index in [1.807, 2.05) is 10.3 Å². The standard InChI is InChI=1S/C45H69N3O7S/c1-27(2)37-29(49)22-45(32(50)24-48(26-35(51)47(10)11)25-34-46-20-21-56-34)19-18-43(8)28(38(37)45)12-13-31-42(7)16-15-33(55-36(52)23-40(3,4)39(53)54)41(5,6)30(42)14-17-44(31,43)9/h20-21,27-28,30-33,50H,12-19,22-26H2,1-11H3,(H,53,54). The Hall–Kier alpha value is -2.63. The Bertz CT molecular complexity index is 1740. The third kappa shape index (κ3) is 6.91. The number of esters is 1. The van der Waals surface area contributed by atoms with Crippen LogP contribution in [0.5, 0.6) is 0 Å². The van der Waals surface area contributed by atoms with Crippen LogP contribution in [0.1, 0.15) is 132 Å². The van der Waals surface area contributed by atoms with Crippen molar-refractivity contribution in [2.24, 2.45) is 56.2 Å². The number of amides is 1. The maximum absolute atomic E-state index is 14.3. The van der Waals surface area contributed by atoms with E-state index in [-0.39, 0.29) is 64.3 Å². The maximum atomic E-state index is 14.3. The van der Waals surface area contributed by atoms with Gasteiger partial charge in [0.2, 0.25) is 5.91 Å². The van der Waals surface area contributed by atoms with Crippen LogP contribution in [0.15, 0.2) is 22.7 Å². The third-order valence-electron chi connectivity index (χ3n) is 16.6. The number of ether oxygens (including phenoxy) is 1. The van der Waals surface area contributed by atoms with Crippen LogP contribution in [0.3, 0.4) is 0 Å². The first-order valence-corrected chi connectivity index (χ1v) is 22.0. The molecule has 6 rings (SSSR count). The second-order valence-electron chi connectivity index (χ2n) is 21.0. The molecule has 0 spiro atoms. The van der Waals surface area contributed by atoms with Gasteiger partial charge in [-0.3, -0.25) is 24.1 Å². The van der Waals surface area contributed by atoms with Crippen LogP contribution in [-0.4, -0.2) is 88.0 Å². The van der Waals surface area contributed by atoms with Crippen LogP contribution >= 0.6 is 11.3 Å². The van der Waals surface area contributed by atoms with Crippen molar-refractivity contribution in [2.75, 3.05) is 27.2 Å². The van der Waals surface area contributed by atoms with Crippen LogP contribution in [0.4, 0.5) is 0 Å². The van der Waals surface area contributed by atoms with Crippen molar-refractivity contribution in [3.05, 3.63) is 27.7 Å². The van der Waals surface area contributed by atoms with Gasteiger partial charge in [-0.05, 0) is 111 Å². The molecule has 1 heterocycles. The first-order valence-electron chi connectivity index (χ1n) is 21.1. The van der Waals surface area contributed by atoms with E-state index in [1.165, 1.54) is 5.57 Å². The van der Waals surface area contributed by atoms with Gasteiger partial charge in [0.25, 0.3) is 0 Å². The molecule has 0 bridgehead atoms. The lowest BCUT2D eigenvalue weighted by Gasteiger charge is -2.72. The average Bonchev–Trinajstić information content (AvgIpc) is 3.71. The first kappa shape index (κ1) is 43.0. The summed E-state index contributed by atoms with van der Waals surface area (Å²) in [5, 5.41) is 25.0. The van der Waals surface area contributed by atoms with Gasteiger partial charge < -0.3 is 19.8 Å². The fourth-order valence-corrected chi connectivity index (χ4v) is 14.0. The zero-order valence-corrected chi connectivity index (χ0v) is 36.8. The second kappa shape index (κ2) is 14.9. The first-order chi connectivity index (χ1) is 25.9. The van der Waals surface area contributed by atoms with E-state index in [0.717, 1.165) is 61.9 Å². The Morgan fingerprint density at radius 1 is 0.982 bits per heavy atom. The number of allylic oxidation sites excluding steroid dienone is 1. The number of ketones is 1. The molecule has 4 saturated carbocycles. The monoisotopic (exact) mass is 795 g/mol. The second-order valence-corrected chi connectivity index (χ2v) is 21.9. The van der Waals surface area contributed by atoms with Gasteiger partial charge in [0.1, 0.15) is 11.1 Å². The molecule has 0 saturated heterocycles. The molecule has 1 aromatic rings. The summed E-state index contributed by atoms with van der Waals surface area (Å²) >= 11 is 1.54. The minimum Gasteiger partial charge on any atom is -0.481 e. The number of carbonyl (C=O) groups excluding carboxylic acids is 3. The quantitative estimate of drug-likeness (QED) is 0.203. The molecule has 9 atom stereocenters. The lowest BCUT2D eigenvalue weighted by Crippen LogP contribution is -2.66. The molecule has 5 aliphatic carbocycles. The largest absolute Gasteiger partial charge is 0.481 e. The van der Waals surface area contributed by atoms with Gasteiger partial charge in [-0.2, -0.15) is 0 Å². The van der Waals surface area contributed by atoms with E-state index >= 15 is 0 Å². The van der Waals surface area contributed by atoms with E-state index in [0.29, 0.717) is 31.3 Å². The number of aliphatic hydroxyl groups is 1. The predicted octanol–water partition coefficient (Wildman–Crippen LogP) is 7.79. The molecule has 1 aromatic heterocycles. The van der Waals surface area contributed by atoms with Crippen LogP contribution in [0.25, 0.3) is 0 Å². The fourth-order valence-electron chi connectivity index (χ4n) is 13.4. The number of carboxylic acids is 1. The normalized spacial score (nSPS) is 35.7. The molecular formula is C45H69N3O7S. The number of aromatic nitrogens is 1. The number of rotatable bonds is 12. The number of likely N-dealkylation sites (N-methyl/N-ethyl adjacent to an activating group) is 1. The molecule has 0 aromatic carbocycles. The molecule has 11 heteroatoms. The van der Waals surface area contributed by atoms with Gasteiger partial charge in [0.05, 0.1) is 31.0 Å². The van der Waals surface area contributed by atoms with Crippen LogP contribution < -0.4 is 0 Å². The predicted molar refractivity (Wildman–Crippen MR) is 217 cm³/mol. The molecule has 5 aliphatic rings. The Balaban J connectivity index is 1.29. The summed E-state index contributed by atoms with van der Waals surface area (Å²) in [6.45, 7) is 20.4. The smallest absolute Gasteiger partial charge is 0.309 e. The molecule has 0 radical (unpaired) electrons. The van der Waals surface area contributed by atoms with Crippen LogP contribution in [-0.2, 0) is 30.5 Å².